The van der Waals surface area contributed by atoms with Gasteiger partial charge in [-0.15, -0.1) is 0 Å². The Morgan fingerprint density at radius 3 is 2.24 bits per heavy atom. The largest absolute Gasteiger partial charge is 0.370 e. The van der Waals surface area contributed by atoms with E-state index in [0.717, 1.165) is 42.3 Å². The smallest absolute Gasteiger partial charge is 0.135 e. The van der Waals surface area contributed by atoms with Gasteiger partial charge < -0.3 is 10.6 Å². The van der Waals surface area contributed by atoms with Gasteiger partial charge in [-0.05, 0) is 43.9 Å². The van der Waals surface area contributed by atoms with Gasteiger partial charge in [-0.3, -0.25) is 0 Å². The van der Waals surface area contributed by atoms with Crippen LogP contribution in [0.4, 0.5) is 11.6 Å². The van der Waals surface area contributed by atoms with Gasteiger partial charge in [0.15, 0.2) is 0 Å². The molecule has 0 radical (unpaired) electrons. The van der Waals surface area contributed by atoms with Crippen molar-refractivity contribution in [2.24, 2.45) is 11.8 Å². The molecule has 0 atom stereocenters. The van der Waals surface area contributed by atoms with Crippen LogP contribution in [0.1, 0.15) is 64.6 Å². The van der Waals surface area contributed by atoms with E-state index in [0.29, 0.717) is 12.0 Å². The maximum atomic E-state index is 4.74. The molecule has 0 spiro atoms. The number of hydrogen-bond donors (Lipinski definition) is 2. The third-order valence-corrected chi connectivity index (χ3v) is 4.39. The van der Waals surface area contributed by atoms with Crippen molar-refractivity contribution in [2.75, 3.05) is 17.2 Å². The van der Waals surface area contributed by atoms with Crippen LogP contribution < -0.4 is 10.6 Å². The Hall–Kier alpha value is -1.32. The SMILES string of the molecule is CCCNc1cc(NC(C2CC2)C2CC2)nc(C(C)C)n1. The maximum Gasteiger partial charge on any atom is 0.135 e. The fourth-order valence-electron chi connectivity index (χ4n) is 2.84. The van der Waals surface area contributed by atoms with E-state index in [4.69, 9.17) is 4.98 Å². The van der Waals surface area contributed by atoms with Crippen LogP contribution in [-0.2, 0) is 0 Å². The van der Waals surface area contributed by atoms with Crippen molar-refractivity contribution in [3.8, 4) is 0 Å². The molecule has 0 aliphatic heterocycles. The van der Waals surface area contributed by atoms with Crippen molar-refractivity contribution >= 4 is 11.6 Å². The minimum atomic E-state index is 0.356. The number of nitrogens with one attached hydrogen (secondary N) is 2. The predicted octanol–water partition coefficient (Wildman–Crippen LogP) is 4.02. The van der Waals surface area contributed by atoms with E-state index >= 15 is 0 Å². The van der Waals surface area contributed by atoms with Crippen molar-refractivity contribution < 1.29 is 0 Å². The molecule has 3 rings (SSSR count). The first-order valence-corrected chi connectivity index (χ1v) is 8.56. The van der Waals surface area contributed by atoms with Gasteiger partial charge in [-0.2, -0.15) is 0 Å². The van der Waals surface area contributed by atoms with Crippen LogP contribution in [0.5, 0.6) is 0 Å². The second-order valence-electron chi connectivity index (χ2n) is 6.92. The molecule has 1 aromatic heterocycles. The topological polar surface area (TPSA) is 49.8 Å². The molecular formula is C17H28N4. The summed E-state index contributed by atoms with van der Waals surface area (Å²) in [7, 11) is 0. The van der Waals surface area contributed by atoms with Gasteiger partial charge in [0.1, 0.15) is 17.5 Å². The summed E-state index contributed by atoms with van der Waals surface area (Å²) in [6.07, 6.45) is 6.65. The molecule has 2 fully saturated rings. The average molecular weight is 288 g/mol. The van der Waals surface area contributed by atoms with Crippen LogP contribution in [-0.4, -0.2) is 22.6 Å². The second kappa shape index (κ2) is 6.20. The van der Waals surface area contributed by atoms with Crippen LogP contribution in [0.25, 0.3) is 0 Å². The lowest BCUT2D eigenvalue weighted by molar-refractivity contribution is 0.564. The van der Waals surface area contributed by atoms with Gasteiger partial charge in [0.25, 0.3) is 0 Å². The molecule has 0 saturated heterocycles. The molecule has 21 heavy (non-hydrogen) atoms. The van der Waals surface area contributed by atoms with E-state index in [1.54, 1.807) is 0 Å². The van der Waals surface area contributed by atoms with Crippen LogP contribution in [0.3, 0.4) is 0 Å². The van der Waals surface area contributed by atoms with Gasteiger partial charge in [-0.1, -0.05) is 20.8 Å². The molecular weight excluding hydrogens is 260 g/mol. The molecule has 1 aromatic rings. The van der Waals surface area contributed by atoms with Crippen LogP contribution in [0, 0.1) is 11.8 Å². The standard InChI is InChI=1S/C17H28N4/c1-4-9-18-14-10-15(21-17(20-14)11(2)3)19-16(12-5-6-12)13-7-8-13/h10-13,16H,4-9H2,1-3H3,(H2,18,19,20,21). The summed E-state index contributed by atoms with van der Waals surface area (Å²) in [6, 6.07) is 2.72. The van der Waals surface area contributed by atoms with Crippen molar-refractivity contribution in [3.05, 3.63) is 11.9 Å². The minimum absolute atomic E-state index is 0.356. The van der Waals surface area contributed by atoms with Gasteiger partial charge >= 0.3 is 0 Å². The van der Waals surface area contributed by atoms with E-state index in [2.05, 4.69) is 42.5 Å². The zero-order valence-corrected chi connectivity index (χ0v) is 13.5. The lowest BCUT2D eigenvalue weighted by Gasteiger charge is -2.20. The van der Waals surface area contributed by atoms with E-state index in [-0.39, 0.29) is 0 Å². The molecule has 2 saturated carbocycles. The highest BCUT2D eigenvalue weighted by Crippen LogP contribution is 2.45. The second-order valence-corrected chi connectivity index (χ2v) is 6.92. The monoisotopic (exact) mass is 288 g/mol. The summed E-state index contributed by atoms with van der Waals surface area (Å²) < 4.78 is 0. The average Bonchev–Trinajstić information content (AvgIpc) is 3.35. The Bertz CT molecular complexity index is 466. The van der Waals surface area contributed by atoms with Gasteiger partial charge in [0, 0.05) is 24.6 Å². The molecule has 2 N–H and O–H groups in total. The van der Waals surface area contributed by atoms with E-state index < -0.39 is 0 Å². The van der Waals surface area contributed by atoms with E-state index in [1.807, 2.05) is 0 Å². The van der Waals surface area contributed by atoms with Crippen molar-refractivity contribution in [1.82, 2.24) is 9.97 Å². The lowest BCUT2D eigenvalue weighted by atomic mass is 10.1. The molecule has 2 aliphatic carbocycles. The summed E-state index contributed by atoms with van der Waals surface area (Å²) in [5.41, 5.74) is 0. The molecule has 0 bridgehead atoms. The normalized spacial score (nSPS) is 18.3. The van der Waals surface area contributed by atoms with E-state index in [1.165, 1.54) is 25.7 Å². The zero-order valence-electron chi connectivity index (χ0n) is 13.5. The third kappa shape index (κ3) is 3.86. The Labute approximate surface area is 128 Å². The molecule has 1 heterocycles. The highest BCUT2D eigenvalue weighted by Gasteiger charge is 2.41. The zero-order chi connectivity index (χ0) is 14.8. The Morgan fingerprint density at radius 1 is 1.10 bits per heavy atom. The van der Waals surface area contributed by atoms with Crippen LogP contribution in [0.2, 0.25) is 0 Å². The molecule has 116 valence electrons. The minimum Gasteiger partial charge on any atom is -0.370 e. The summed E-state index contributed by atoms with van der Waals surface area (Å²) in [6.45, 7) is 7.44. The maximum absolute atomic E-state index is 4.74. The number of aromatic nitrogens is 2. The molecule has 0 aromatic carbocycles. The Kier molecular flexibility index (Phi) is 4.32. The fraction of sp³-hybridized carbons (Fsp3) is 0.765. The number of rotatable bonds is 8. The van der Waals surface area contributed by atoms with Gasteiger partial charge in [-0.25, -0.2) is 9.97 Å². The summed E-state index contributed by atoms with van der Waals surface area (Å²) in [5.74, 6) is 5.02. The number of anilines is 2. The van der Waals surface area contributed by atoms with Crippen molar-refractivity contribution in [3.63, 3.8) is 0 Å². The first kappa shape index (κ1) is 14.6. The number of nitrogens with zero attached hydrogens (tertiary/aromatic N) is 2. The summed E-state index contributed by atoms with van der Waals surface area (Å²) in [4.78, 5) is 9.38. The third-order valence-electron chi connectivity index (χ3n) is 4.39. The Balaban J connectivity index is 1.76. The van der Waals surface area contributed by atoms with Crippen LogP contribution >= 0.6 is 0 Å². The quantitative estimate of drug-likeness (QED) is 0.758. The summed E-state index contributed by atoms with van der Waals surface area (Å²) >= 11 is 0. The molecule has 4 heteroatoms. The first-order valence-electron chi connectivity index (χ1n) is 8.56. The highest BCUT2D eigenvalue weighted by atomic mass is 15.1. The number of hydrogen-bond acceptors (Lipinski definition) is 4. The van der Waals surface area contributed by atoms with E-state index in [9.17, 15) is 0 Å². The van der Waals surface area contributed by atoms with Crippen molar-refractivity contribution in [2.45, 2.75) is 64.8 Å². The molecule has 0 unspecified atom stereocenters. The first-order chi connectivity index (χ1) is 10.2. The molecule has 0 amide bonds. The lowest BCUT2D eigenvalue weighted by Crippen LogP contribution is -2.25. The Morgan fingerprint density at radius 2 is 1.71 bits per heavy atom. The molecule has 4 nitrogen and oxygen atoms in total. The van der Waals surface area contributed by atoms with Crippen LogP contribution in [0.15, 0.2) is 6.07 Å². The van der Waals surface area contributed by atoms with Gasteiger partial charge in [0.05, 0.1) is 0 Å². The molecule has 2 aliphatic rings. The predicted molar refractivity (Wildman–Crippen MR) is 87.8 cm³/mol. The fourth-order valence-corrected chi connectivity index (χ4v) is 2.84. The van der Waals surface area contributed by atoms with Gasteiger partial charge in [0.2, 0.25) is 0 Å². The highest BCUT2D eigenvalue weighted by molar-refractivity contribution is 5.49. The van der Waals surface area contributed by atoms with Crippen molar-refractivity contribution in [1.29, 1.82) is 0 Å². The summed E-state index contributed by atoms with van der Waals surface area (Å²) in [5, 5.41) is 7.13.